The van der Waals surface area contributed by atoms with Crippen molar-refractivity contribution in [2.45, 2.75) is 6.10 Å². The number of carbonyl (C=O) groups excluding carboxylic acids is 2. The number of nitrogens with zero attached hydrogens (tertiary/aromatic N) is 1. The van der Waals surface area contributed by atoms with E-state index < -0.39 is 12.1 Å². The van der Waals surface area contributed by atoms with Gasteiger partial charge in [-0.1, -0.05) is 60.7 Å². The molecule has 0 aliphatic heterocycles. The third-order valence-corrected chi connectivity index (χ3v) is 3.93. The van der Waals surface area contributed by atoms with Gasteiger partial charge in [0.2, 0.25) is 11.9 Å². The topological polar surface area (TPSA) is 59.8 Å². The minimum Gasteiger partial charge on any atom is -0.457 e. The zero-order chi connectivity index (χ0) is 18.5. The van der Waals surface area contributed by atoms with Crippen LogP contribution in [0, 0.1) is 0 Å². The van der Waals surface area contributed by atoms with Crippen LogP contribution in [0.3, 0.4) is 0 Å². The molecule has 1 unspecified atom stereocenters. The predicted molar refractivity (Wildman–Crippen MR) is 97.4 cm³/mol. The summed E-state index contributed by atoms with van der Waals surface area (Å²) in [6.45, 7) is 0. The van der Waals surface area contributed by atoms with Gasteiger partial charge in [-0.05, 0) is 11.6 Å². The molecule has 2 aromatic carbocycles. The average molecular weight is 349 g/mol. The maximum atomic E-state index is 12.7. The fourth-order valence-corrected chi connectivity index (χ4v) is 2.60. The Morgan fingerprint density at radius 1 is 0.923 bits per heavy atom. The van der Waals surface area contributed by atoms with Crippen molar-refractivity contribution in [2.75, 3.05) is 14.1 Å². The number of hydrogen-bond donors (Lipinski definition) is 0. The summed E-state index contributed by atoms with van der Waals surface area (Å²) in [6, 6.07) is 20.0. The lowest BCUT2D eigenvalue weighted by Gasteiger charge is -2.21. The summed E-state index contributed by atoms with van der Waals surface area (Å²) in [5, 5.41) is 0. The Morgan fingerprint density at radius 3 is 2.15 bits per heavy atom. The molecule has 26 heavy (non-hydrogen) atoms. The van der Waals surface area contributed by atoms with Crippen LogP contribution in [0.4, 0.5) is 0 Å². The molecular formula is C21H19NO4. The second-order valence-electron chi connectivity index (χ2n) is 5.96. The first-order valence-corrected chi connectivity index (χ1v) is 8.18. The van der Waals surface area contributed by atoms with Crippen LogP contribution in [-0.2, 0) is 9.53 Å². The molecule has 0 aliphatic rings. The van der Waals surface area contributed by atoms with Crippen LogP contribution in [0.5, 0.6) is 0 Å². The highest BCUT2D eigenvalue weighted by molar-refractivity contribution is 5.96. The van der Waals surface area contributed by atoms with Gasteiger partial charge in [-0.2, -0.15) is 0 Å². The van der Waals surface area contributed by atoms with E-state index in [-0.39, 0.29) is 11.7 Å². The van der Waals surface area contributed by atoms with Crippen LogP contribution in [-0.4, -0.2) is 30.9 Å². The van der Waals surface area contributed by atoms with Crippen LogP contribution in [0.15, 0.2) is 77.4 Å². The van der Waals surface area contributed by atoms with Crippen molar-refractivity contribution in [1.29, 1.82) is 0 Å². The lowest BCUT2D eigenvalue weighted by molar-refractivity contribution is -0.138. The van der Waals surface area contributed by atoms with E-state index in [4.69, 9.17) is 9.15 Å². The Morgan fingerprint density at radius 2 is 1.54 bits per heavy atom. The quantitative estimate of drug-likeness (QED) is 0.655. The van der Waals surface area contributed by atoms with E-state index in [1.54, 1.807) is 44.4 Å². The molecule has 0 radical (unpaired) electrons. The van der Waals surface area contributed by atoms with E-state index in [2.05, 4.69) is 0 Å². The average Bonchev–Trinajstić information content (AvgIpc) is 3.16. The number of benzene rings is 2. The number of hydrogen-bond acceptors (Lipinski definition) is 4. The highest BCUT2D eigenvalue weighted by atomic mass is 16.6. The predicted octanol–water partition coefficient (Wildman–Crippen LogP) is 3.93. The largest absolute Gasteiger partial charge is 0.457 e. The molecule has 1 atom stereocenters. The maximum absolute atomic E-state index is 12.7. The van der Waals surface area contributed by atoms with Gasteiger partial charge in [0.25, 0.3) is 5.91 Å². The Hall–Kier alpha value is -3.34. The zero-order valence-corrected chi connectivity index (χ0v) is 14.6. The van der Waals surface area contributed by atoms with E-state index in [1.807, 2.05) is 36.4 Å². The van der Waals surface area contributed by atoms with Crippen LogP contribution in [0.1, 0.15) is 22.2 Å². The molecule has 5 heteroatoms. The number of furan rings is 1. The van der Waals surface area contributed by atoms with E-state index in [1.165, 1.54) is 11.2 Å². The Balaban J connectivity index is 1.90. The molecular weight excluding hydrogens is 330 g/mol. The first kappa shape index (κ1) is 17.5. The van der Waals surface area contributed by atoms with Gasteiger partial charge in [0.05, 0.1) is 6.26 Å². The van der Waals surface area contributed by atoms with Crippen molar-refractivity contribution < 1.29 is 18.7 Å². The van der Waals surface area contributed by atoms with Gasteiger partial charge in [0, 0.05) is 25.2 Å². The van der Waals surface area contributed by atoms with Gasteiger partial charge in [-0.15, -0.1) is 0 Å². The SMILES string of the molecule is CN(C)C(=O)C(OC(=O)c1occc1-c1ccccc1)c1ccccc1. The molecule has 0 spiro atoms. The van der Waals surface area contributed by atoms with E-state index in [0.717, 1.165) is 5.56 Å². The minimum atomic E-state index is -1.03. The number of ether oxygens (including phenoxy) is 1. The summed E-state index contributed by atoms with van der Waals surface area (Å²) in [6.07, 6.45) is 0.400. The molecule has 0 aliphatic carbocycles. The molecule has 3 aromatic rings. The van der Waals surface area contributed by atoms with Crippen molar-refractivity contribution in [3.05, 3.63) is 84.3 Å². The summed E-state index contributed by atoms with van der Waals surface area (Å²) >= 11 is 0. The highest BCUT2D eigenvalue weighted by Gasteiger charge is 2.29. The molecule has 5 nitrogen and oxygen atoms in total. The maximum Gasteiger partial charge on any atom is 0.376 e. The highest BCUT2D eigenvalue weighted by Crippen LogP contribution is 2.28. The van der Waals surface area contributed by atoms with Crippen LogP contribution in [0.25, 0.3) is 11.1 Å². The van der Waals surface area contributed by atoms with Crippen molar-refractivity contribution >= 4 is 11.9 Å². The first-order valence-electron chi connectivity index (χ1n) is 8.18. The van der Waals surface area contributed by atoms with Crippen LogP contribution in [0.2, 0.25) is 0 Å². The van der Waals surface area contributed by atoms with Crippen molar-refractivity contribution in [2.24, 2.45) is 0 Å². The molecule has 0 bridgehead atoms. The summed E-state index contributed by atoms with van der Waals surface area (Å²) in [5.41, 5.74) is 2.07. The van der Waals surface area contributed by atoms with Crippen LogP contribution < -0.4 is 0 Å². The normalized spacial score (nSPS) is 11.6. The summed E-state index contributed by atoms with van der Waals surface area (Å²) in [7, 11) is 3.24. The molecule has 1 aromatic heterocycles. The number of carbonyl (C=O) groups is 2. The Kier molecular flexibility index (Phi) is 5.17. The standard InChI is InChI=1S/C21H19NO4/c1-22(2)20(23)18(16-11-7-4-8-12-16)26-21(24)19-17(13-14-25-19)15-9-5-3-6-10-15/h3-14,18H,1-2H3. The minimum absolute atomic E-state index is 0.0729. The molecule has 0 saturated carbocycles. The molecule has 1 heterocycles. The lowest BCUT2D eigenvalue weighted by Crippen LogP contribution is -2.31. The fraction of sp³-hybridized carbons (Fsp3) is 0.143. The smallest absolute Gasteiger partial charge is 0.376 e. The summed E-state index contributed by atoms with van der Waals surface area (Å²) < 4.78 is 10.9. The van der Waals surface area contributed by atoms with Crippen molar-refractivity contribution in [1.82, 2.24) is 4.90 Å². The molecule has 1 amide bonds. The molecule has 0 N–H and O–H groups in total. The number of likely N-dealkylation sites (N-methyl/N-ethyl adjacent to an activating group) is 1. The van der Waals surface area contributed by atoms with Gasteiger partial charge in [0.1, 0.15) is 0 Å². The fourth-order valence-electron chi connectivity index (χ4n) is 2.60. The second-order valence-corrected chi connectivity index (χ2v) is 5.96. The second kappa shape index (κ2) is 7.70. The number of amides is 1. The van der Waals surface area contributed by atoms with E-state index >= 15 is 0 Å². The first-order chi connectivity index (χ1) is 12.6. The monoisotopic (exact) mass is 349 g/mol. The van der Waals surface area contributed by atoms with Gasteiger partial charge >= 0.3 is 5.97 Å². The molecule has 0 fully saturated rings. The molecule has 0 saturated heterocycles. The van der Waals surface area contributed by atoms with Crippen molar-refractivity contribution in [3.8, 4) is 11.1 Å². The summed E-state index contributed by atoms with van der Waals surface area (Å²) in [5.74, 6) is -0.932. The lowest BCUT2D eigenvalue weighted by atomic mass is 10.1. The number of esters is 1. The van der Waals surface area contributed by atoms with Gasteiger partial charge in [-0.3, -0.25) is 4.79 Å². The Bertz CT molecular complexity index is 885. The third-order valence-electron chi connectivity index (χ3n) is 3.93. The van der Waals surface area contributed by atoms with E-state index in [9.17, 15) is 9.59 Å². The van der Waals surface area contributed by atoms with E-state index in [0.29, 0.717) is 11.1 Å². The van der Waals surface area contributed by atoms with Crippen LogP contribution >= 0.6 is 0 Å². The number of rotatable bonds is 5. The van der Waals surface area contributed by atoms with Gasteiger partial charge < -0.3 is 14.1 Å². The van der Waals surface area contributed by atoms with Gasteiger partial charge in [-0.25, -0.2) is 4.79 Å². The zero-order valence-electron chi connectivity index (χ0n) is 14.6. The van der Waals surface area contributed by atoms with Gasteiger partial charge in [0.15, 0.2) is 0 Å². The molecule has 3 rings (SSSR count). The third kappa shape index (κ3) is 3.67. The molecule has 132 valence electrons. The Labute approximate surface area is 151 Å². The summed E-state index contributed by atoms with van der Waals surface area (Å²) in [4.78, 5) is 26.6. The van der Waals surface area contributed by atoms with Crippen molar-refractivity contribution in [3.63, 3.8) is 0 Å².